The topological polar surface area (TPSA) is 89.0 Å². The average Bonchev–Trinajstić information content (AvgIpc) is 3.09. The third kappa shape index (κ3) is 4.15. The molecule has 0 bridgehead atoms. The normalized spacial score (nSPS) is 17.3. The summed E-state index contributed by atoms with van der Waals surface area (Å²) in [7, 11) is 2.86. The molecule has 8 heteroatoms. The molecule has 1 saturated heterocycles. The number of likely N-dealkylation sites (tertiary alicyclic amines) is 1. The van der Waals surface area contributed by atoms with Crippen molar-refractivity contribution < 1.29 is 28.6 Å². The van der Waals surface area contributed by atoms with Crippen molar-refractivity contribution in [3.63, 3.8) is 0 Å². The van der Waals surface area contributed by atoms with Crippen LogP contribution in [-0.2, 0) is 16.1 Å². The summed E-state index contributed by atoms with van der Waals surface area (Å²) in [6.45, 7) is 0.123. The zero-order chi connectivity index (χ0) is 23.5. The lowest BCUT2D eigenvalue weighted by Crippen LogP contribution is -2.29. The van der Waals surface area contributed by atoms with Crippen LogP contribution in [0.5, 0.6) is 11.5 Å². The molecule has 0 radical (unpaired) electrons. The Labute approximate surface area is 189 Å². The number of ether oxygens (including phenoxy) is 2. The third-order valence-electron chi connectivity index (χ3n) is 5.50. The quantitative estimate of drug-likeness (QED) is 0.350. The van der Waals surface area contributed by atoms with Crippen LogP contribution in [-0.4, -0.2) is 40.9 Å². The van der Waals surface area contributed by atoms with Gasteiger partial charge in [-0.2, -0.15) is 0 Å². The minimum atomic E-state index is -0.880. The predicted octanol–water partition coefficient (Wildman–Crippen LogP) is 3.86. The van der Waals surface area contributed by atoms with Gasteiger partial charge in [0.05, 0.1) is 25.8 Å². The second kappa shape index (κ2) is 9.12. The number of halogens is 1. The van der Waals surface area contributed by atoms with Gasteiger partial charge >= 0.3 is 0 Å². The summed E-state index contributed by atoms with van der Waals surface area (Å²) in [6.07, 6.45) is 3.18. The van der Waals surface area contributed by atoms with Gasteiger partial charge < -0.3 is 19.5 Å². The smallest absolute Gasteiger partial charge is 0.295 e. The molecule has 1 aromatic heterocycles. The third-order valence-corrected chi connectivity index (χ3v) is 5.50. The van der Waals surface area contributed by atoms with E-state index in [1.807, 2.05) is 0 Å². The number of benzene rings is 2. The molecule has 1 amide bonds. The minimum Gasteiger partial charge on any atom is -0.507 e. The summed E-state index contributed by atoms with van der Waals surface area (Å²) >= 11 is 0. The molecule has 1 atom stereocenters. The molecule has 1 aliphatic heterocycles. The molecule has 168 valence electrons. The molecule has 1 unspecified atom stereocenters. The number of amides is 1. The summed E-state index contributed by atoms with van der Waals surface area (Å²) < 4.78 is 24.4. The number of Topliss-reactive ketones (excluding diaryl/α,β-unsaturated/α-hetero) is 1. The van der Waals surface area contributed by atoms with Crippen LogP contribution in [0.25, 0.3) is 5.76 Å². The standard InChI is InChI=1S/C25H21FN2O5/c1-32-18-6-3-16(4-7-18)22-21(23(29)17-5-8-20(33-2)19(26)13-17)24(30)25(31)28(22)14-15-9-11-27-12-10-15/h3-13,22,29H,14H2,1-2H3. The van der Waals surface area contributed by atoms with Gasteiger partial charge in [0, 0.05) is 24.5 Å². The SMILES string of the molecule is COc1ccc(C2C(=C(O)c3ccc(OC)c(F)c3)C(=O)C(=O)N2Cc2ccncc2)cc1. The van der Waals surface area contributed by atoms with E-state index in [4.69, 9.17) is 9.47 Å². The fourth-order valence-corrected chi connectivity index (χ4v) is 3.83. The molecular formula is C25H21FN2O5. The van der Waals surface area contributed by atoms with Crippen molar-refractivity contribution in [2.45, 2.75) is 12.6 Å². The maximum absolute atomic E-state index is 14.3. The first-order valence-electron chi connectivity index (χ1n) is 10.1. The Bertz CT molecular complexity index is 1230. The van der Waals surface area contributed by atoms with Crippen LogP contribution in [0.15, 0.2) is 72.6 Å². The number of aliphatic hydroxyl groups is 1. The fraction of sp³-hybridized carbons (Fsp3) is 0.160. The van der Waals surface area contributed by atoms with Crippen LogP contribution in [0, 0.1) is 5.82 Å². The van der Waals surface area contributed by atoms with E-state index in [0.29, 0.717) is 11.3 Å². The molecule has 4 rings (SSSR count). The summed E-state index contributed by atoms with van der Waals surface area (Å²) in [4.78, 5) is 31.5. The number of carbonyl (C=O) groups is 2. The fourth-order valence-electron chi connectivity index (χ4n) is 3.83. The number of nitrogens with zero attached hydrogens (tertiary/aromatic N) is 2. The van der Waals surface area contributed by atoms with Gasteiger partial charge in [-0.1, -0.05) is 12.1 Å². The van der Waals surface area contributed by atoms with Crippen LogP contribution in [0.4, 0.5) is 4.39 Å². The average molecular weight is 448 g/mol. The van der Waals surface area contributed by atoms with Gasteiger partial charge in [0.2, 0.25) is 0 Å². The molecule has 7 nitrogen and oxygen atoms in total. The second-order valence-electron chi connectivity index (χ2n) is 7.40. The highest BCUT2D eigenvalue weighted by Gasteiger charge is 2.46. The van der Waals surface area contributed by atoms with E-state index in [0.717, 1.165) is 11.6 Å². The van der Waals surface area contributed by atoms with Gasteiger partial charge in [-0.05, 0) is 53.6 Å². The highest BCUT2D eigenvalue weighted by molar-refractivity contribution is 6.46. The lowest BCUT2D eigenvalue weighted by atomic mass is 9.95. The van der Waals surface area contributed by atoms with E-state index < -0.39 is 29.3 Å². The van der Waals surface area contributed by atoms with Crippen molar-refractivity contribution in [2.24, 2.45) is 0 Å². The van der Waals surface area contributed by atoms with E-state index in [2.05, 4.69) is 4.98 Å². The number of aliphatic hydroxyl groups excluding tert-OH is 1. The molecule has 3 aromatic rings. The molecular weight excluding hydrogens is 427 g/mol. The van der Waals surface area contributed by atoms with Gasteiger partial charge in [-0.3, -0.25) is 14.6 Å². The number of hydrogen-bond acceptors (Lipinski definition) is 6. The first kappa shape index (κ1) is 22.0. The number of carbonyl (C=O) groups excluding carboxylic acids is 2. The number of rotatable bonds is 6. The molecule has 0 saturated carbocycles. The van der Waals surface area contributed by atoms with E-state index in [1.165, 1.54) is 31.3 Å². The lowest BCUT2D eigenvalue weighted by Gasteiger charge is -2.25. The highest BCUT2D eigenvalue weighted by Crippen LogP contribution is 2.41. The van der Waals surface area contributed by atoms with Crippen LogP contribution >= 0.6 is 0 Å². The number of ketones is 1. The predicted molar refractivity (Wildman–Crippen MR) is 118 cm³/mol. The van der Waals surface area contributed by atoms with E-state index in [9.17, 15) is 19.1 Å². The number of hydrogen-bond donors (Lipinski definition) is 1. The summed E-state index contributed by atoms with van der Waals surface area (Å²) in [5.41, 5.74) is 1.30. The molecule has 1 aliphatic rings. The largest absolute Gasteiger partial charge is 0.507 e. The number of methoxy groups -OCH3 is 2. The maximum Gasteiger partial charge on any atom is 0.295 e. The Morgan fingerprint density at radius 3 is 2.33 bits per heavy atom. The lowest BCUT2D eigenvalue weighted by molar-refractivity contribution is -0.140. The maximum atomic E-state index is 14.3. The molecule has 0 aliphatic carbocycles. The van der Waals surface area contributed by atoms with Crippen molar-refractivity contribution >= 4 is 17.4 Å². The summed E-state index contributed by atoms with van der Waals surface area (Å²) in [5.74, 6) is -2.18. The van der Waals surface area contributed by atoms with E-state index >= 15 is 0 Å². The Morgan fingerprint density at radius 1 is 1.03 bits per heavy atom. The van der Waals surface area contributed by atoms with Crippen molar-refractivity contribution in [1.29, 1.82) is 0 Å². The molecule has 1 fully saturated rings. The Balaban J connectivity index is 1.85. The van der Waals surface area contributed by atoms with Crippen LogP contribution in [0.1, 0.15) is 22.7 Å². The van der Waals surface area contributed by atoms with Crippen LogP contribution in [0.2, 0.25) is 0 Å². The highest BCUT2D eigenvalue weighted by atomic mass is 19.1. The van der Waals surface area contributed by atoms with Gasteiger partial charge in [0.1, 0.15) is 11.5 Å². The van der Waals surface area contributed by atoms with Crippen molar-refractivity contribution in [1.82, 2.24) is 9.88 Å². The molecule has 33 heavy (non-hydrogen) atoms. The molecule has 2 aromatic carbocycles. The molecule has 1 N–H and O–H groups in total. The monoisotopic (exact) mass is 448 g/mol. The number of aromatic nitrogens is 1. The Morgan fingerprint density at radius 2 is 1.73 bits per heavy atom. The minimum absolute atomic E-state index is 0.00334. The zero-order valence-electron chi connectivity index (χ0n) is 18.0. The first-order valence-corrected chi connectivity index (χ1v) is 10.1. The molecule has 0 spiro atoms. The van der Waals surface area contributed by atoms with Crippen LogP contribution < -0.4 is 9.47 Å². The van der Waals surface area contributed by atoms with E-state index in [-0.39, 0.29) is 23.4 Å². The van der Waals surface area contributed by atoms with Crippen molar-refractivity contribution in [2.75, 3.05) is 14.2 Å². The zero-order valence-corrected chi connectivity index (χ0v) is 18.0. The summed E-state index contributed by atoms with van der Waals surface area (Å²) in [6, 6.07) is 13.3. The van der Waals surface area contributed by atoms with Gasteiger partial charge in [0.25, 0.3) is 11.7 Å². The molecule has 2 heterocycles. The first-order chi connectivity index (χ1) is 15.9. The number of pyridine rings is 1. The van der Waals surface area contributed by atoms with E-state index in [1.54, 1.807) is 48.8 Å². The van der Waals surface area contributed by atoms with Crippen molar-refractivity contribution in [3.05, 3.63) is 95.1 Å². The summed E-state index contributed by atoms with van der Waals surface area (Å²) in [5, 5.41) is 11.1. The van der Waals surface area contributed by atoms with Crippen LogP contribution in [0.3, 0.4) is 0 Å². The van der Waals surface area contributed by atoms with Gasteiger partial charge in [0.15, 0.2) is 11.6 Å². The Kier molecular flexibility index (Phi) is 6.08. The van der Waals surface area contributed by atoms with Gasteiger partial charge in [-0.25, -0.2) is 4.39 Å². The van der Waals surface area contributed by atoms with Gasteiger partial charge in [-0.15, -0.1) is 0 Å². The second-order valence-corrected chi connectivity index (χ2v) is 7.40. The Hall–Kier alpha value is -4.20. The van der Waals surface area contributed by atoms with Crippen molar-refractivity contribution in [3.8, 4) is 11.5 Å².